The van der Waals surface area contributed by atoms with Gasteiger partial charge in [-0.15, -0.1) is 0 Å². The molecule has 3 N–H and O–H groups in total. The van der Waals surface area contributed by atoms with Crippen LogP contribution in [0.25, 0.3) is 0 Å². The summed E-state index contributed by atoms with van der Waals surface area (Å²) in [5.74, 6) is 0. The molecular weight excluding hydrogens is 264 g/mol. The summed E-state index contributed by atoms with van der Waals surface area (Å²) in [5, 5.41) is 13.2. The second-order valence-electron chi connectivity index (χ2n) is 4.98. The fraction of sp³-hybridized carbons (Fsp3) is 0.308. The zero-order valence-corrected chi connectivity index (χ0v) is 11.4. The predicted molar refractivity (Wildman–Crippen MR) is 73.3 cm³/mol. The lowest BCUT2D eigenvalue weighted by atomic mass is 10.1. The van der Waals surface area contributed by atoms with Gasteiger partial charge in [-0.05, 0) is 39.0 Å². The number of benzene rings is 1. The molecule has 7 nitrogen and oxygen atoms in total. The first-order valence-corrected chi connectivity index (χ1v) is 5.80. The van der Waals surface area contributed by atoms with Crippen LogP contribution in [0.5, 0.6) is 0 Å². The van der Waals surface area contributed by atoms with Gasteiger partial charge in [0.2, 0.25) is 0 Å². The monoisotopic (exact) mass is 280 g/mol. The van der Waals surface area contributed by atoms with Crippen LogP contribution in [0.4, 0.5) is 21.0 Å². The third-order valence-electron chi connectivity index (χ3n) is 2.07. The fourth-order valence-electron chi connectivity index (χ4n) is 1.38. The highest BCUT2D eigenvalue weighted by Gasteiger charge is 2.17. The molecule has 1 aromatic rings. The molecule has 7 heteroatoms. The van der Waals surface area contributed by atoms with Gasteiger partial charge in [0.05, 0.1) is 5.69 Å². The molecular formula is C13H16N2O5. The minimum Gasteiger partial charge on any atom is -0.465 e. The SMILES string of the molecule is CC(C)(C)OC(=O)Nc1cc(NC(=O)O)ccc1C=O. The third kappa shape index (κ3) is 4.97. The number of carbonyl (C=O) groups is 3. The Morgan fingerprint density at radius 2 is 1.90 bits per heavy atom. The standard InChI is InChI=1S/C13H16N2O5/c1-13(2,3)20-12(19)15-10-6-9(14-11(17)18)5-4-8(10)7-16/h4-7,14H,1-3H3,(H,15,19)(H,17,18). The highest BCUT2D eigenvalue weighted by atomic mass is 16.6. The van der Waals surface area contributed by atoms with E-state index in [1.807, 2.05) is 0 Å². The van der Waals surface area contributed by atoms with Gasteiger partial charge in [-0.3, -0.25) is 15.4 Å². The first kappa shape index (κ1) is 15.5. The largest absolute Gasteiger partial charge is 0.465 e. The van der Waals surface area contributed by atoms with E-state index in [-0.39, 0.29) is 16.9 Å². The van der Waals surface area contributed by atoms with Crippen molar-refractivity contribution in [3.8, 4) is 0 Å². The summed E-state index contributed by atoms with van der Waals surface area (Å²) >= 11 is 0. The van der Waals surface area contributed by atoms with Gasteiger partial charge in [0.1, 0.15) is 5.60 Å². The summed E-state index contributed by atoms with van der Waals surface area (Å²) < 4.78 is 5.06. The third-order valence-corrected chi connectivity index (χ3v) is 2.07. The van der Waals surface area contributed by atoms with Crippen molar-refractivity contribution in [3.63, 3.8) is 0 Å². The maximum absolute atomic E-state index is 11.6. The van der Waals surface area contributed by atoms with Crippen molar-refractivity contribution < 1.29 is 24.2 Å². The van der Waals surface area contributed by atoms with E-state index in [0.717, 1.165) is 0 Å². The van der Waals surface area contributed by atoms with Crippen LogP contribution in [-0.4, -0.2) is 29.2 Å². The van der Waals surface area contributed by atoms with Crippen molar-refractivity contribution in [2.45, 2.75) is 26.4 Å². The average molecular weight is 280 g/mol. The molecule has 0 saturated heterocycles. The van der Waals surface area contributed by atoms with Crippen LogP contribution in [0.1, 0.15) is 31.1 Å². The Labute approximate surface area is 115 Å². The van der Waals surface area contributed by atoms with Crippen LogP contribution >= 0.6 is 0 Å². The minimum atomic E-state index is -1.24. The van der Waals surface area contributed by atoms with Gasteiger partial charge >= 0.3 is 12.2 Å². The molecule has 0 bridgehead atoms. The van der Waals surface area contributed by atoms with Crippen molar-refractivity contribution in [2.24, 2.45) is 0 Å². The Bertz CT molecular complexity index is 534. The summed E-state index contributed by atoms with van der Waals surface area (Å²) in [7, 11) is 0. The number of amides is 2. The summed E-state index contributed by atoms with van der Waals surface area (Å²) in [6.45, 7) is 5.11. The number of aldehydes is 1. The topological polar surface area (TPSA) is 105 Å². The van der Waals surface area contributed by atoms with Crippen LogP contribution in [0.3, 0.4) is 0 Å². The predicted octanol–water partition coefficient (Wildman–Crippen LogP) is 2.94. The minimum absolute atomic E-state index is 0.167. The number of hydrogen-bond donors (Lipinski definition) is 3. The second kappa shape index (κ2) is 6.05. The van der Waals surface area contributed by atoms with Crippen molar-refractivity contribution >= 4 is 29.8 Å². The zero-order valence-electron chi connectivity index (χ0n) is 11.4. The summed E-state index contributed by atoms with van der Waals surface area (Å²) in [4.78, 5) is 33.1. The molecule has 108 valence electrons. The molecule has 0 atom stereocenters. The number of ether oxygens (including phenoxy) is 1. The van der Waals surface area contributed by atoms with Gasteiger partial charge in [0.15, 0.2) is 6.29 Å². The Morgan fingerprint density at radius 1 is 1.25 bits per heavy atom. The smallest absolute Gasteiger partial charge is 0.412 e. The van der Waals surface area contributed by atoms with Crippen LogP contribution in [0, 0.1) is 0 Å². The molecule has 0 saturated carbocycles. The molecule has 0 aromatic heterocycles. The Hall–Kier alpha value is -2.57. The lowest BCUT2D eigenvalue weighted by Gasteiger charge is -2.20. The van der Waals surface area contributed by atoms with Crippen LogP contribution in [0.15, 0.2) is 18.2 Å². The molecule has 1 aromatic carbocycles. The fourth-order valence-corrected chi connectivity index (χ4v) is 1.38. The molecule has 1 rings (SSSR count). The van der Waals surface area contributed by atoms with Crippen molar-refractivity contribution in [2.75, 3.05) is 10.6 Å². The number of hydrogen-bond acceptors (Lipinski definition) is 4. The van der Waals surface area contributed by atoms with Crippen LogP contribution in [0.2, 0.25) is 0 Å². The number of carbonyl (C=O) groups excluding carboxylic acids is 2. The highest BCUT2D eigenvalue weighted by Crippen LogP contribution is 2.21. The van der Waals surface area contributed by atoms with Gasteiger partial charge in [-0.25, -0.2) is 9.59 Å². The van der Waals surface area contributed by atoms with E-state index in [1.165, 1.54) is 18.2 Å². The second-order valence-corrected chi connectivity index (χ2v) is 4.98. The molecule has 0 fully saturated rings. The molecule has 0 aliphatic rings. The van der Waals surface area contributed by atoms with E-state index in [4.69, 9.17) is 9.84 Å². The molecule has 20 heavy (non-hydrogen) atoms. The Morgan fingerprint density at radius 3 is 2.40 bits per heavy atom. The molecule has 0 heterocycles. The summed E-state index contributed by atoms with van der Waals surface area (Å²) in [6.07, 6.45) is -1.42. The normalized spacial score (nSPS) is 10.6. The number of nitrogens with one attached hydrogen (secondary N) is 2. The van der Waals surface area contributed by atoms with Gasteiger partial charge in [0, 0.05) is 11.3 Å². The van der Waals surface area contributed by atoms with Crippen LogP contribution in [-0.2, 0) is 4.74 Å². The highest BCUT2D eigenvalue weighted by molar-refractivity contribution is 5.95. The lowest BCUT2D eigenvalue weighted by Crippen LogP contribution is -2.27. The summed E-state index contributed by atoms with van der Waals surface area (Å²) in [6, 6.07) is 4.14. The Balaban J connectivity index is 2.93. The van der Waals surface area contributed by atoms with Gasteiger partial charge < -0.3 is 9.84 Å². The number of rotatable bonds is 3. The first-order chi connectivity index (χ1) is 9.21. The molecule has 0 unspecified atom stereocenters. The molecule has 0 aliphatic heterocycles. The van der Waals surface area contributed by atoms with E-state index in [2.05, 4.69) is 10.6 Å². The molecule has 2 amide bonds. The first-order valence-electron chi connectivity index (χ1n) is 5.80. The van der Waals surface area contributed by atoms with Crippen molar-refractivity contribution in [3.05, 3.63) is 23.8 Å². The van der Waals surface area contributed by atoms with Gasteiger partial charge in [-0.2, -0.15) is 0 Å². The molecule has 0 radical (unpaired) electrons. The number of carboxylic acid groups (broad SMARTS) is 1. The average Bonchev–Trinajstić information content (AvgIpc) is 2.25. The zero-order chi connectivity index (χ0) is 15.3. The lowest BCUT2D eigenvalue weighted by molar-refractivity contribution is 0.0636. The number of anilines is 2. The maximum Gasteiger partial charge on any atom is 0.412 e. The van der Waals surface area contributed by atoms with E-state index in [9.17, 15) is 14.4 Å². The summed E-state index contributed by atoms with van der Waals surface area (Å²) in [5.41, 5.74) is -0.0658. The van der Waals surface area contributed by atoms with Crippen molar-refractivity contribution in [1.82, 2.24) is 0 Å². The molecule has 0 spiro atoms. The van der Waals surface area contributed by atoms with Crippen LogP contribution < -0.4 is 10.6 Å². The molecule has 0 aliphatic carbocycles. The van der Waals surface area contributed by atoms with E-state index in [1.54, 1.807) is 20.8 Å². The van der Waals surface area contributed by atoms with Crippen molar-refractivity contribution in [1.29, 1.82) is 0 Å². The quantitative estimate of drug-likeness (QED) is 0.738. The Kier molecular flexibility index (Phi) is 4.68. The van der Waals surface area contributed by atoms with E-state index in [0.29, 0.717) is 6.29 Å². The van der Waals surface area contributed by atoms with Gasteiger partial charge in [-0.1, -0.05) is 0 Å². The van der Waals surface area contributed by atoms with E-state index >= 15 is 0 Å². The maximum atomic E-state index is 11.6. The van der Waals surface area contributed by atoms with E-state index < -0.39 is 17.8 Å². The van der Waals surface area contributed by atoms with Gasteiger partial charge in [0.25, 0.3) is 0 Å².